The minimum atomic E-state index is -0.979. The number of carbonyl (C=O) groups excluding carboxylic acids is 2. The molecule has 0 bridgehead atoms. The van der Waals surface area contributed by atoms with Gasteiger partial charge >= 0.3 is 0 Å². The summed E-state index contributed by atoms with van der Waals surface area (Å²) in [4.78, 5) is 23.7. The van der Waals surface area contributed by atoms with Crippen LogP contribution in [0.2, 0.25) is 0 Å². The largest absolute Gasteiger partial charge is 0.384 e. The molecule has 0 aromatic heterocycles. The molecule has 13 heavy (non-hydrogen) atoms. The second-order valence-corrected chi connectivity index (χ2v) is 3.10. The fraction of sp³-hybridized carbons (Fsp3) is 0.750. The molecule has 1 aliphatic rings. The lowest BCUT2D eigenvalue weighted by atomic mass is 10.3. The van der Waals surface area contributed by atoms with Gasteiger partial charge in [0, 0.05) is 26.1 Å². The summed E-state index contributed by atoms with van der Waals surface area (Å²) in [6.07, 6.45) is -0.661. The van der Waals surface area contributed by atoms with E-state index in [-0.39, 0.29) is 11.8 Å². The van der Waals surface area contributed by atoms with Crippen LogP contribution in [0.5, 0.6) is 0 Å². The molecule has 5 heteroatoms. The maximum absolute atomic E-state index is 11.3. The van der Waals surface area contributed by atoms with Crippen LogP contribution in [0.4, 0.5) is 0 Å². The molecule has 0 radical (unpaired) electrons. The summed E-state index contributed by atoms with van der Waals surface area (Å²) in [6.45, 7) is 2.78. The van der Waals surface area contributed by atoms with Crippen molar-refractivity contribution in [2.24, 2.45) is 0 Å². The number of aliphatic hydroxyl groups excluding tert-OH is 1. The Labute approximate surface area is 76.7 Å². The summed E-state index contributed by atoms with van der Waals surface area (Å²) < 4.78 is 0. The van der Waals surface area contributed by atoms with Crippen LogP contribution in [0.15, 0.2) is 0 Å². The number of nitrogens with one attached hydrogen (secondary N) is 1. The highest BCUT2D eigenvalue weighted by Crippen LogP contribution is 1.99. The van der Waals surface area contributed by atoms with E-state index < -0.39 is 6.10 Å². The molecule has 2 N–H and O–H groups in total. The van der Waals surface area contributed by atoms with Crippen LogP contribution in [0.1, 0.15) is 13.3 Å². The van der Waals surface area contributed by atoms with Gasteiger partial charge in [0.25, 0.3) is 5.91 Å². The summed E-state index contributed by atoms with van der Waals surface area (Å²) in [5.74, 6) is -0.350. The predicted molar refractivity (Wildman–Crippen MR) is 45.9 cm³/mol. The average molecular weight is 186 g/mol. The first kappa shape index (κ1) is 9.98. The predicted octanol–water partition coefficient (Wildman–Crippen LogP) is -1.28. The van der Waals surface area contributed by atoms with Gasteiger partial charge in [-0.3, -0.25) is 9.59 Å². The first-order chi connectivity index (χ1) is 6.11. The Morgan fingerprint density at radius 2 is 2.31 bits per heavy atom. The van der Waals surface area contributed by atoms with Gasteiger partial charge in [0.1, 0.15) is 6.10 Å². The third-order valence-electron chi connectivity index (χ3n) is 1.98. The van der Waals surface area contributed by atoms with Crippen molar-refractivity contribution in [2.75, 3.05) is 19.6 Å². The van der Waals surface area contributed by atoms with Crippen LogP contribution in [-0.4, -0.2) is 47.6 Å². The Hall–Kier alpha value is -1.10. The maximum atomic E-state index is 11.3. The topological polar surface area (TPSA) is 69.6 Å². The Bertz CT molecular complexity index is 215. The van der Waals surface area contributed by atoms with Gasteiger partial charge in [0.05, 0.1) is 0 Å². The molecule has 1 heterocycles. The second kappa shape index (κ2) is 4.23. The van der Waals surface area contributed by atoms with Gasteiger partial charge in [0.2, 0.25) is 5.91 Å². The maximum Gasteiger partial charge on any atom is 0.251 e. The zero-order chi connectivity index (χ0) is 9.84. The highest BCUT2D eigenvalue weighted by Gasteiger charge is 2.21. The zero-order valence-corrected chi connectivity index (χ0v) is 7.62. The standard InChI is InChI=1S/C8H14N2O3/c1-6(11)8(13)10-4-2-7(12)9-3-5-10/h6,11H,2-5H2,1H3,(H,9,12)/t6-/m1/s1. The van der Waals surface area contributed by atoms with E-state index in [4.69, 9.17) is 5.11 Å². The number of nitrogens with zero attached hydrogens (tertiary/aromatic N) is 1. The molecule has 2 amide bonds. The van der Waals surface area contributed by atoms with E-state index in [1.165, 1.54) is 11.8 Å². The Morgan fingerprint density at radius 3 is 2.92 bits per heavy atom. The van der Waals surface area contributed by atoms with Gasteiger partial charge in [-0.25, -0.2) is 0 Å². The van der Waals surface area contributed by atoms with Crippen LogP contribution in [-0.2, 0) is 9.59 Å². The summed E-state index contributed by atoms with van der Waals surface area (Å²) in [5, 5.41) is 11.7. The van der Waals surface area contributed by atoms with Gasteiger partial charge in [-0.1, -0.05) is 0 Å². The molecule has 1 aliphatic heterocycles. The fourth-order valence-corrected chi connectivity index (χ4v) is 1.25. The van der Waals surface area contributed by atoms with E-state index in [9.17, 15) is 9.59 Å². The Morgan fingerprint density at radius 1 is 1.62 bits per heavy atom. The Kier molecular flexibility index (Phi) is 3.25. The van der Waals surface area contributed by atoms with Crippen molar-refractivity contribution in [3.63, 3.8) is 0 Å². The number of carbonyl (C=O) groups is 2. The monoisotopic (exact) mass is 186 g/mol. The molecular weight excluding hydrogens is 172 g/mol. The normalized spacial score (nSPS) is 20.5. The van der Waals surface area contributed by atoms with Gasteiger partial charge in [-0.15, -0.1) is 0 Å². The average Bonchev–Trinajstić information content (AvgIpc) is 2.28. The van der Waals surface area contributed by atoms with Gasteiger partial charge in [-0.2, -0.15) is 0 Å². The highest BCUT2D eigenvalue weighted by molar-refractivity contribution is 5.82. The van der Waals surface area contributed by atoms with Crippen molar-refractivity contribution in [1.82, 2.24) is 10.2 Å². The molecule has 74 valence electrons. The molecule has 0 spiro atoms. The van der Waals surface area contributed by atoms with E-state index >= 15 is 0 Å². The van der Waals surface area contributed by atoms with Crippen molar-refractivity contribution in [2.45, 2.75) is 19.4 Å². The quantitative estimate of drug-likeness (QED) is 0.535. The van der Waals surface area contributed by atoms with Crippen molar-refractivity contribution >= 4 is 11.8 Å². The van der Waals surface area contributed by atoms with Crippen LogP contribution in [0, 0.1) is 0 Å². The molecule has 0 aromatic rings. The number of hydrogen-bond acceptors (Lipinski definition) is 3. The van der Waals surface area contributed by atoms with Crippen molar-refractivity contribution in [3.05, 3.63) is 0 Å². The molecule has 1 rings (SSSR count). The molecular formula is C8H14N2O3. The third kappa shape index (κ3) is 2.69. The van der Waals surface area contributed by atoms with Crippen molar-refractivity contribution in [3.8, 4) is 0 Å². The highest BCUT2D eigenvalue weighted by atomic mass is 16.3. The van der Waals surface area contributed by atoms with E-state index in [1.54, 1.807) is 0 Å². The zero-order valence-electron chi connectivity index (χ0n) is 7.62. The first-order valence-corrected chi connectivity index (χ1v) is 4.35. The van der Waals surface area contributed by atoms with E-state index in [1.807, 2.05) is 0 Å². The number of amides is 2. The van der Waals surface area contributed by atoms with Crippen LogP contribution in [0.25, 0.3) is 0 Å². The summed E-state index contributed by atoms with van der Waals surface area (Å²) in [5.41, 5.74) is 0. The second-order valence-electron chi connectivity index (χ2n) is 3.10. The molecule has 1 atom stereocenters. The number of aliphatic hydroxyl groups is 1. The van der Waals surface area contributed by atoms with E-state index in [2.05, 4.69) is 5.32 Å². The number of rotatable bonds is 1. The van der Waals surface area contributed by atoms with Crippen molar-refractivity contribution in [1.29, 1.82) is 0 Å². The lowest BCUT2D eigenvalue weighted by Crippen LogP contribution is -2.39. The minimum Gasteiger partial charge on any atom is -0.384 e. The molecule has 0 aliphatic carbocycles. The Balaban J connectivity index is 2.51. The van der Waals surface area contributed by atoms with Gasteiger partial charge in [0.15, 0.2) is 0 Å². The third-order valence-corrected chi connectivity index (χ3v) is 1.98. The minimum absolute atomic E-state index is 0.0408. The van der Waals surface area contributed by atoms with Crippen molar-refractivity contribution < 1.29 is 14.7 Å². The SMILES string of the molecule is C[C@@H](O)C(=O)N1CCNC(=O)CC1. The lowest BCUT2D eigenvalue weighted by molar-refractivity contribution is -0.139. The molecule has 0 unspecified atom stereocenters. The molecule has 0 aromatic carbocycles. The summed E-state index contributed by atoms with van der Waals surface area (Å²) in [6, 6.07) is 0. The van der Waals surface area contributed by atoms with Crippen LogP contribution < -0.4 is 5.32 Å². The van der Waals surface area contributed by atoms with Crippen LogP contribution in [0.3, 0.4) is 0 Å². The molecule has 1 fully saturated rings. The van der Waals surface area contributed by atoms with Gasteiger partial charge in [-0.05, 0) is 6.92 Å². The van der Waals surface area contributed by atoms with E-state index in [0.29, 0.717) is 26.1 Å². The molecule has 1 saturated heterocycles. The summed E-state index contributed by atoms with van der Waals surface area (Å²) >= 11 is 0. The number of hydrogen-bond donors (Lipinski definition) is 2. The molecule has 5 nitrogen and oxygen atoms in total. The first-order valence-electron chi connectivity index (χ1n) is 4.35. The smallest absolute Gasteiger partial charge is 0.251 e. The fourth-order valence-electron chi connectivity index (χ4n) is 1.25. The summed E-state index contributed by atoms with van der Waals surface area (Å²) in [7, 11) is 0. The van der Waals surface area contributed by atoms with E-state index in [0.717, 1.165) is 0 Å². The molecule has 0 saturated carbocycles. The van der Waals surface area contributed by atoms with Gasteiger partial charge < -0.3 is 15.3 Å². The lowest BCUT2D eigenvalue weighted by Gasteiger charge is -2.20. The van der Waals surface area contributed by atoms with Crippen LogP contribution >= 0.6 is 0 Å².